The number of thiazole rings is 1. The normalized spacial score (nSPS) is 10.5. The second-order valence-electron chi connectivity index (χ2n) is 5.03. The zero-order valence-electron chi connectivity index (χ0n) is 12.7. The average Bonchev–Trinajstić information content (AvgIpc) is 3.02. The summed E-state index contributed by atoms with van der Waals surface area (Å²) in [5, 5.41) is 6.75. The first-order valence-electron chi connectivity index (χ1n) is 7.23. The molecule has 1 amide bonds. The molecule has 128 valence electrons. The monoisotopic (exact) mass is 411 g/mol. The maximum Gasteiger partial charge on any atom is 0.257 e. The molecule has 0 radical (unpaired) electrons. The van der Waals surface area contributed by atoms with Crippen molar-refractivity contribution in [3.63, 3.8) is 0 Å². The molecule has 0 spiro atoms. The number of hydrogen-bond donors (Lipinski definition) is 2. The fourth-order valence-corrected chi connectivity index (χ4v) is 3.59. The number of halogens is 3. The fourth-order valence-electron chi connectivity index (χ4n) is 2.18. The number of amides is 1. The summed E-state index contributed by atoms with van der Waals surface area (Å²) >= 11 is 19.4. The highest BCUT2D eigenvalue weighted by Gasteiger charge is 2.14. The Bertz CT molecular complexity index is 893. The topological polar surface area (TPSA) is 54.0 Å². The zero-order valence-corrected chi connectivity index (χ0v) is 15.8. The first-order valence-corrected chi connectivity index (χ1v) is 9.18. The summed E-state index contributed by atoms with van der Waals surface area (Å²) in [5.41, 5.74) is 1.56. The van der Waals surface area contributed by atoms with Gasteiger partial charge in [-0.3, -0.25) is 4.79 Å². The number of para-hydroxylation sites is 2. The fraction of sp³-hybridized carbons (Fsp3) is 0.0588. The molecule has 0 aliphatic carbocycles. The minimum atomic E-state index is -0.305. The van der Waals surface area contributed by atoms with Gasteiger partial charge < -0.3 is 10.6 Å². The maximum absolute atomic E-state index is 12.7. The van der Waals surface area contributed by atoms with Crippen molar-refractivity contribution in [1.82, 2.24) is 4.98 Å². The molecule has 1 aromatic heterocycles. The van der Waals surface area contributed by atoms with Crippen LogP contribution in [0.2, 0.25) is 14.5 Å². The van der Waals surface area contributed by atoms with E-state index in [9.17, 15) is 4.79 Å². The lowest BCUT2D eigenvalue weighted by atomic mass is 10.1. The SMILES string of the molecule is O=C(Nc1c(Cl)cccc1Cl)c1ccccc1NCc1cnc(Cl)s1. The number of rotatable bonds is 5. The Hall–Kier alpha value is -1.79. The number of hydrogen-bond acceptors (Lipinski definition) is 4. The van der Waals surface area contributed by atoms with Crippen LogP contribution < -0.4 is 10.6 Å². The molecule has 0 aliphatic rings. The van der Waals surface area contributed by atoms with Gasteiger partial charge in [0.2, 0.25) is 0 Å². The second kappa shape index (κ2) is 8.06. The molecule has 0 bridgehead atoms. The largest absolute Gasteiger partial charge is 0.379 e. The molecule has 8 heteroatoms. The van der Waals surface area contributed by atoms with Gasteiger partial charge in [0.15, 0.2) is 4.47 Å². The van der Waals surface area contributed by atoms with Crippen LogP contribution in [0.4, 0.5) is 11.4 Å². The quantitative estimate of drug-likeness (QED) is 0.543. The first-order chi connectivity index (χ1) is 12.0. The lowest BCUT2D eigenvalue weighted by Crippen LogP contribution is -2.15. The van der Waals surface area contributed by atoms with E-state index in [1.165, 1.54) is 11.3 Å². The van der Waals surface area contributed by atoms with Crippen LogP contribution >= 0.6 is 46.1 Å². The number of nitrogens with zero attached hydrogens (tertiary/aromatic N) is 1. The van der Waals surface area contributed by atoms with Gasteiger partial charge in [-0.2, -0.15) is 0 Å². The molecule has 0 fully saturated rings. The van der Waals surface area contributed by atoms with Gasteiger partial charge in [-0.15, -0.1) is 11.3 Å². The molecule has 0 atom stereocenters. The van der Waals surface area contributed by atoms with Crippen molar-refractivity contribution < 1.29 is 4.79 Å². The highest BCUT2D eigenvalue weighted by molar-refractivity contribution is 7.15. The molecule has 4 nitrogen and oxygen atoms in total. The molecule has 0 unspecified atom stereocenters. The van der Waals surface area contributed by atoms with Gasteiger partial charge in [-0.05, 0) is 24.3 Å². The third-order valence-electron chi connectivity index (χ3n) is 3.35. The van der Waals surface area contributed by atoms with E-state index >= 15 is 0 Å². The van der Waals surface area contributed by atoms with E-state index in [0.717, 1.165) is 4.88 Å². The van der Waals surface area contributed by atoms with Crippen molar-refractivity contribution in [2.75, 3.05) is 10.6 Å². The number of benzene rings is 2. The summed E-state index contributed by atoms with van der Waals surface area (Å²) in [5.74, 6) is -0.305. The lowest BCUT2D eigenvalue weighted by Gasteiger charge is -2.13. The second-order valence-corrected chi connectivity index (χ2v) is 7.54. The molecule has 25 heavy (non-hydrogen) atoms. The van der Waals surface area contributed by atoms with E-state index in [4.69, 9.17) is 34.8 Å². The average molecular weight is 413 g/mol. The molecule has 3 rings (SSSR count). The summed E-state index contributed by atoms with van der Waals surface area (Å²) in [7, 11) is 0. The molecule has 0 aliphatic heterocycles. The van der Waals surface area contributed by atoms with Gasteiger partial charge in [0.25, 0.3) is 5.91 Å². The van der Waals surface area contributed by atoms with E-state index in [0.29, 0.717) is 38.0 Å². The molecule has 0 saturated carbocycles. The van der Waals surface area contributed by atoms with Gasteiger partial charge in [0.05, 0.1) is 27.8 Å². The van der Waals surface area contributed by atoms with Crippen LogP contribution in [0.1, 0.15) is 15.2 Å². The van der Waals surface area contributed by atoms with Gasteiger partial charge in [-0.1, -0.05) is 53.0 Å². The predicted molar refractivity (Wildman–Crippen MR) is 105 cm³/mol. The van der Waals surface area contributed by atoms with Crippen LogP contribution in [0, 0.1) is 0 Å². The zero-order chi connectivity index (χ0) is 17.8. The number of aromatic nitrogens is 1. The van der Waals surface area contributed by atoms with Gasteiger partial charge in [0.1, 0.15) is 0 Å². The highest BCUT2D eigenvalue weighted by atomic mass is 35.5. The molecule has 3 aromatic rings. The summed E-state index contributed by atoms with van der Waals surface area (Å²) in [6.45, 7) is 0.515. The Balaban J connectivity index is 1.79. The molecular weight excluding hydrogens is 401 g/mol. The Labute approximate surface area is 163 Å². The summed E-state index contributed by atoms with van der Waals surface area (Å²) in [4.78, 5) is 17.6. The third kappa shape index (κ3) is 4.44. The number of nitrogens with one attached hydrogen (secondary N) is 2. The minimum absolute atomic E-state index is 0.305. The predicted octanol–water partition coefficient (Wildman–Crippen LogP) is 5.97. The van der Waals surface area contributed by atoms with Crippen molar-refractivity contribution in [3.05, 3.63) is 73.6 Å². The van der Waals surface area contributed by atoms with E-state index < -0.39 is 0 Å². The maximum atomic E-state index is 12.7. The third-order valence-corrected chi connectivity index (χ3v) is 5.10. The summed E-state index contributed by atoms with van der Waals surface area (Å²) in [6.07, 6.45) is 1.70. The molecule has 2 N–H and O–H groups in total. The molecule has 0 saturated heterocycles. The van der Waals surface area contributed by atoms with Crippen LogP contribution in [0.5, 0.6) is 0 Å². The Morgan fingerprint density at radius 2 is 1.76 bits per heavy atom. The molecular formula is C17H12Cl3N3OS. The van der Waals surface area contributed by atoms with Crippen LogP contribution in [0.25, 0.3) is 0 Å². The lowest BCUT2D eigenvalue weighted by molar-refractivity contribution is 0.102. The van der Waals surface area contributed by atoms with Crippen molar-refractivity contribution >= 4 is 63.4 Å². The van der Waals surface area contributed by atoms with Gasteiger partial charge in [-0.25, -0.2) is 4.98 Å². The van der Waals surface area contributed by atoms with Crippen molar-refractivity contribution in [3.8, 4) is 0 Å². The van der Waals surface area contributed by atoms with Gasteiger partial charge >= 0.3 is 0 Å². The first kappa shape index (κ1) is 18.0. The Morgan fingerprint density at radius 3 is 2.44 bits per heavy atom. The standard InChI is InChI=1S/C17H12Cl3N3OS/c18-12-5-3-6-13(19)15(12)23-16(24)11-4-1-2-7-14(11)21-8-10-9-22-17(20)25-10/h1-7,9,21H,8H2,(H,23,24). The van der Waals surface area contributed by atoms with Gasteiger partial charge in [0, 0.05) is 16.8 Å². The number of carbonyl (C=O) groups is 1. The van der Waals surface area contributed by atoms with Crippen LogP contribution in [0.15, 0.2) is 48.7 Å². The summed E-state index contributed by atoms with van der Waals surface area (Å²) in [6, 6.07) is 12.2. The van der Waals surface area contributed by atoms with Crippen molar-refractivity contribution in [2.45, 2.75) is 6.54 Å². The minimum Gasteiger partial charge on any atom is -0.379 e. The van der Waals surface area contributed by atoms with E-state index in [-0.39, 0.29) is 5.91 Å². The molecule has 1 heterocycles. The van der Waals surface area contributed by atoms with Crippen molar-refractivity contribution in [1.29, 1.82) is 0 Å². The van der Waals surface area contributed by atoms with Crippen LogP contribution in [0.3, 0.4) is 0 Å². The van der Waals surface area contributed by atoms with E-state index in [1.54, 1.807) is 36.5 Å². The van der Waals surface area contributed by atoms with E-state index in [1.807, 2.05) is 12.1 Å². The Morgan fingerprint density at radius 1 is 1.04 bits per heavy atom. The summed E-state index contributed by atoms with van der Waals surface area (Å²) < 4.78 is 0.483. The van der Waals surface area contributed by atoms with Crippen LogP contribution in [-0.4, -0.2) is 10.9 Å². The van der Waals surface area contributed by atoms with E-state index in [2.05, 4.69) is 15.6 Å². The number of carbonyl (C=O) groups excluding carboxylic acids is 1. The van der Waals surface area contributed by atoms with Crippen LogP contribution in [-0.2, 0) is 6.54 Å². The Kier molecular flexibility index (Phi) is 5.81. The smallest absolute Gasteiger partial charge is 0.257 e. The highest BCUT2D eigenvalue weighted by Crippen LogP contribution is 2.31. The molecule has 2 aromatic carbocycles. The number of anilines is 2. The van der Waals surface area contributed by atoms with Crippen molar-refractivity contribution in [2.24, 2.45) is 0 Å².